The van der Waals surface area contributed by atoms with E-state index in [1.807, 2.05) is 0 Å². The van der Waals surface area contributed by atoms with Crippen LogP contribution in [-0.4, -0.2) is 22.8 Å². The number of carbonyl (C=O) groups is 2. The van der Waals surface area contributed by atoms with Crippen LogP contribution in [0.4, 0.5) is 4.39 Å². The average Bonchev–Trinajstić information content (AvgIpc) is 2.25. The Hall–Kier alpha value is -2.37. The van der Waals surface area contributed by atoms with Gasteiger partial charge in [-0.3, -0.25) is 0 Å². The van der Waals surface area contributed by atoms with Gasteiger partial charge in [0, 0.05) is 25.5 Å². The van der Waals surface area contributed by atoms with Gasteiger partial charge < -0.3 is 14.6 Å². The molecule has 1 heterocycles. The monoisotopic (exact) mass is 266 g/mol. The van der Waals surface area contributed by atoms with Crippen molar-refractivity contribution in [3.63, 3.8) is 0 Å². The molecule has 0 saturated carbocycles. The summed E-state index contributed by atoms with van der Waals surface area (Å²) in [4.78, 5) is 22.2. The van der Waals surface area contributed by atoms with Gasteiger partial charge in [0.15, 0.2) is 0 Å². The molecular formula is C13H11FO5. The van der Waals surface area contributed by atoms with Crippen LogP contribution in [0.1, 0.15) is 29.8 Å². The average molecular weight is 266 g/mol. The maximum absolute atomic E-state index is 13.6. The van der Waals surface area contributed by atoms with Gasteiger partial charge in [-0.05, 0) is 18.2 Å². The van der Waals surface area contributed by atoms with E-state index in [1.165, 1.54) is 26.0 Å². The predicted molar refractivity (Wildman–Crippen MR) is 63.2 cm³/mol. The highest BCUT2D eigenvalue weighted by Crippen LogP contribution is 2.36. The molecular weight excluding hydrogens is 255 g/mol. The van der Waals surface area contributed by atoms with Crippen molar-refractivity contribution in [1.29, 1.82) is 0 Å². The fourth-order valence-electron chi connectivity index (χ4n) is 1.71. The van der Waals surface area contributed by atoms with Crippen LogP contribution < -0.4 is 4.74 Å². The van der Waals surface area contributed by atoms with Crippen LogP contribution in [0, 0.1) is 5.82 Å². The molecule has 0 amide bonds. The molecule has 0 radical (unpaired) electrons. The van der Waals surface area contributed by atoms with E-state index in [4.69, 9.17) is 14.6 Å². The molecule has 1 N–H and O–H groups in total. The summed E-state index contributed by atoms with van der Waals surface area (Å²) in [6.07, 6.45) is 2.11. The Labute approximate surface area is 108 Å². The zero-order valence-electron chi connectivity index (χ0n) is 10.3. The van der Waals surface area contributed by atoms with E-state index in [-0.39, 0.29) is 11.3 Å². The lowest BCUT2D eigenvalue weighted by Gasteiger charge is -2.32. The number of aliphatic carboxylic acids is 1. The van der Waals surface area contributed by atoms with E-state index in [2.05, 4.69) is 0 Å². The molecule has 0 spiro atoms. The second kappa shape index (κ2) is 4.38. The van der Waals surface area contributed by atoms with Crippen LogP contribution in [0.2, 0.25) is 0 Å². The fourth-order valence-corrected chi connectivity index (χ4v) is 1.71. The number of fused-ring (bicyclic) bond motifs is 1. The second-order valence-corrected chi connectivity index (χ2v) is 4.40. The lowest BCUT2D eigenvalue weighted by molar-refractivity contribution is -0.131. The summed E-state index contributed by atoms with van der Waals surface area (Å²) >= 11 is 0. The first-order chi connectivity index (χ1) is 8.80. The molecule has 0 saturated heterocycles. The van der Waals surface area contributed by atoms with Gasteiger partial charge in [-0.1, -0.05) is 0 Å². The standard InChI is InChI=1S/C13H11FO5/c1-13(2)18-11-7(4-6-9(15)16)3-5-8(14)10(11)12(17)19-13/h3-6H,1-2H3,(H,15,16)/b6-4+. The molecule has 1 aromatic carbocycles. The van der Waals surface area contributed by atoms with Crippen molar-refractivity contribution < 1.29 is 28.6 Å². The van der Waals surface area contributed by atoms with E-state index < -0.39 is 23.5 Å². The molecule has 0 bridgehead atoms. The number of carboxylic acid groups (broad SMARTS) is 1. The number of esters is 1. The number of halogens is 1. The number of carbonyl (C=O) groups excluding carboxylic acids is 1. The number of cyclic esters (lactones) is 1. The molecule has 0 fully saturated rings. The van der Waals surface area contributed by atoms with Gasteiger partial charge in [0.1, 0.15) is 17.1 Å². The van der Waals surface area contributed by atoms with Gasteiger partial charge in [0.25, 0.3) is 0 Å². The Kier molecular flexibility index (Phi) is 3.01. The van der Waals surface area contributed by atoms with E-state index in [0.717, 1.165) is 12.1 Å². The summed E-state index contributed by atoms with van der Waals surface area (Å²) in [5.74, 6) is -4.02. The van der Waals surface area contributed by atoms with Crippen LogP contribution in [0.3, 0.4) is 0 Å². The van der Waals surface area contributed by atoms with Gasteiger partial charge in [-0.25, -0.2) is 14.0 Å². The third-order valence-electron chi connectivity index (χ3n) is 2.43. The molecule has 0 aliphatic carbocycles. The number of carboxylic acids is 1. The zero-order chi connectivity index (χ0) is 14.2. The second-order valence-electron chi connectivity index (χ2n) is 4.40. The van der Waals surface area contributed by atoms with Gasteiger partial charge in [-0.2, -0.15) is 0 Å². The van der Waals surface area contributed by atoms with Crippen molar-refractivity contribution in [3.05, 3.63) is 35.2 Å². The SMILES string of the molecule is CC1(C)OC(=O)c2c(F)ccc(/C=C/C(=O)O)c2O1. The topological polar surface area (TPSA) is 72.8 Å². The van der Waals surface area contributed by atoms with Crippen molar-refractivity contribution in [2.75, 3.05) is 0 Å². The summed E-state index contributed by atoms with van der Waals surface area (Å²) in [6, 6.07) is 2.39. The van der Waals surface area contributed by atoms with Gasteiger partial charge in [0.05, 0.1) is 0 Å². The smallest absolute Gasteiger partial charge is 0.348 e. The predicted octanol–water partition coefficient (Wildman–Crippen LogP) is 2.21. The first kappa shape index (κ1) is 13.1. The van der Waals surface area contributed by atoms with Crippen LogP contribution in [0.15, 0.2) is 18.2 Å². The third kappa shape index (κ3) is 2.57. The summed E-state index contributed by atoms with van der Waals surface area (Å²) in [6.45, 7) is 3.01. The Morgan fingerprint density at radius 2 is 2.05 bits per heavy atom. The molecule has 1 aliphatic rings. The summed E-state index contributed by atoms with van der Waals surface area (Å²) in [5, 5.41) is 8.59. The molecule has 2 rings (SSSR count). The quantitative estimate of drug-likeness (QED) is 0.656. The normalized spacial score (nSPS) is 16.7. The van der Waals surface area contributed by atoms with Crippen molar-refractivity contribution in [3.8, 4) is 5.75 Å². The van der Waals surface area contributed by atoms with E-state index in [9.17, 15) is 14.0 Å². The summed E-state index contributed by atoms with van der Waals surface area (Å²) in [5.41, 5.74) is -0.0320. The summed E-state index contributed by atoms with van der Waals surface area (Å²) < 4.78 is 24.0. The molecule has 1 aliphatic heterocycles. The third-order valence-corrected chi connectivity index (χ3v) is 2.43. The minimum Gasteiger partial charge on any atom is -0.478 e. The van der Waals surface area contributed by atoms with E-state index in [0.29, 0.717) is 5.56 Å². The molecule has 100 valence electrons. The highest BCUT2D eigenvalue weighted by Gasteiger charge is 2.37. The minimum atomic E-state index is -1.23. The van der Waals surface area contributed by atoms with E-state index >= 15 is 0 Å². The molecule has 0 aromatic heterocycles. The van der Waals surface area contributed by atoms with Crippen LogP contribution >= 0.6 is 0 Å². The zero-order valence-corrected chi connectivity index (χ0v) is 10.3. The number of rotatable bonds is 2. The first-order valence-electron chi connectivity index (χ1n) is 5.46. The van der Waals surface area contributed by atoms with Crippen molar-refractivity contribution >= 4 is 18.0 Å². The molecule has 5 nitrogen and oxygen atoms in total. The Balaban J connectivity index is 2.58. The molecule has 1 aromatic rings. The van der Waals surface area contributed by atoms with Gasteiger partial charge >= 0.3 is 11.9 Å². The van der Waals surface area contributed by atoms with Crippen molar-refractivity contribution in [2.24, 2.45) is 0 Å². The number of hydrogen-bond donors (Lipinski definition) is 1. The summed E-state index contributed by atoms with van der Waals surface area (Å²) in [7, 11) is 0. The number of hydrogen-bond acceptors (Lipinski definition) is 4. The molecule has 0 atom stereocenters. The van der Waals surface area contributed by atoms with Crippen LogP contribution in [0.5, 0.6) is 5.75 Å². The number of ether oxygens (including phenoxy) is 2. The van der Waals surface area contributed by atoms with Gasteiger partial charge in [0.2, 0.25) is 5.79 Å². The minimum absolute atomic E-state index is 0.0150. The highest BCUT2D eigenvalue weighted by atomic mass is 19.1. The maximum atomic E-state index is 13.6. The number of benzene rings is 1. The molecule has 19 heavy (non-hydrogen) atoms. The Bertz CT molecular complexity index is 589. The first-order valence-corrected chi connectivity index (χ1v) is 5.46. The maximum Gasteiger partial charge on any atom is 0.348 e. The fraction of sp³-hybridized carbons (Fsp3) is 0.231. The lowest BCUT2D eigenvalue weighted by atomic mass is 10.1. The lowest BCUT2D eigenvalue weighted by Crippen LogP contribution is -2.39. The molecule has 6 heteroatoms. The molecule has 0 unspecified atom stereocenters. The Morgan fingerprint density at radius 1 is 1.37 bits per heavy atom. The van der Waals surface area contributed by atoms with Crippen LogP contribution in [-0.2, 0) is 9.53 Å². The van der Waals surface area contributed by atoms with Crippen molar-refractivity contribution in [1.82, 2.24) is 0 Å². The van der Waals surface area contributed by atoms with Gasteiger partial charge in [-0.15, -0.1) is 0 Å². The van der Waals surface area contributed by atoms with Crippen LogP contribution in [0.25, 0.3) is 6.08 Å². The highest BCUT2D eigenvalue weighted by molar-refractivity contribution is 5.96. The largest absolute Gasteiger partial charge is 0.478 e. The Morgan fingerprint density at radius 3 is 2.68 bits per heavy atom. The van der Waals surface area contributed by atoms with E-state index in [1.54, 1.807) is 0 Å². The van der Waals surface area contributed by atoms with Crippen molar-refractivity contribution in [2.45, 2.75) is 19.6 Å².